The third kappa shape index (κ3) is 3.98. The van der Waals surface area contributed by atoms with Crippen LogP contribution >= 0.6 is 12.2 Å². The first kappa shape index (κ1) is 16.6. The van der Waals surface area contributed by atoms with E-state index in [2.05, 4.69) is 24.7 Å². The SMILES string of the molecule is C[NH+](C)[C@@H](CNC(=S)NCc1ccc2c(c1)OCO2)c1ccco1. The molecule has 0 saturated heterocycles. The number of hydrogen-bond acceptors (Lipinski definition) is 4. The molecule has 1 aliphatic rings. The van der Waals surface area contributed by atoms with Crippen LogP contribution in [0.3, 0.4) is 0 Å². The zero-order valence-electron chi connectivity index (χ0n) is 13.8. The van der Waals surface area contributed by atoms with E-state index in [1.165, 1.54) is 4.90 Å². The Morgan fingerprint density at radius 1 is 1.21 bits per heavy atom. The lowest BCUT2D eigenvalue weighted by Crippen LogP contribution is -3.07. The smallest absolute Gasteiger partial charge is 0.231 e. The molecule has 1 atom stereocenters. The van der Waals surface area contributed by atoms with Crippen LogP contribution in [0.25, 0.3) is 0 Å². The third-order valence-electron chi connectivity index (χ3n) is 3.94. The summed E-state index contributed by atoms with van der Waals surface area (Å²) in [7, 11) is 4.19. The zero-order chi connectivity index (χ0) is 16.9. The van der Waals surface area contributed by atoms with E-state index in [0.29, 0.717) is 18.2 Å². The van der Waals surface area contributed by atoms with Gasteiger partial charge in [-0.25, -0.2) is 0 Å². The Morgan fingerprint density at radius 3 is 2.79 bits per heavy atom. The minimum atomic E-state index is 0.199. The van der Waals surface area contributed by atoms with E-state index < -0.39 is 0 Å². The predicted molar refractivity (Wildman–Crippen MR) is 94.3 cm³/mol. The summed E-state index contributed by atoms with van der Waals surface area (Å²) < 4.78 is 16.2. The van der Waals surface area contributed by atoms with E-state index in [0.717, 1.165) is 22.8 Å². The highest BCUT2D eigenvalue weighted by Gasteiger charge is 2.20. The number of thiocarbonyl (C=S) groups is 1. The quantitative estimate of drug-likeness (QED) is 0.673. The van der Waals surface area contributed by atoms with Gasteiger partial charge >= 0.3 is 0 Å². The highest BCUT2D eigenvalue weighted by Crippen LogP contribution is 2.32. The lowest BCUT2D eigenvalue weighted by Gasteiger charge is -2.20. The van der Waals surface area contributed by atoms with Crippen molar-refractivity contribution in [1.29, 1.82) is 0 Å². The summed E-state index contributed by atoms with van der Waals surface area (Å²) in [5, 5.41) is 7.09. The first-order valence-corrected chi connectivity index (χ1v) is 8.28. The van der Waals surface area contributed by atoms with Gasteiger partial charge in [-0.1, -0.05) is 6.07 Å². The second kappa shape index (κ2) is 7.55. The molecule has 0 saturated carbocycles. The summed E-state index contributed by atoms with van der Waals surface area (Å²) in [6, 6.07) is 9.97. The van der Waals surface area contributed by atoms with Crippen molar-refractivity contribution >= 4 is 17.3 Å². The number of rotatable bonds is 6. The van der Waals surface area contributed by atoms with Gasteiger partial charge in [0.2, 0.25) is 6.79 Å². The fraction of sp³-hybridized carbons (Fsp3) is 0.353. The van der Waals surface area contributed by atoms with Gasteiger partial charge in [0.1, 0.15) is 0 Å². The first-order chi connectivity index (χ1) is 11.6. The molecule has 24 heavy (non-hydrogen) atoms. The van der Waals surface area contributed by atoms with Gasteiger partial charge in [-0.2, -0.15) is 0 Å². The van der Waals surface area contributed by atoms with E-state index in [1.54, 1.807) is 6.26 Å². The van der Waals surface area contributed by atoms with E-state index in [1.807, 2.05) is 30.3 Å². The Labute approximate surface area is 146 Å². The number of furan rings is 1. The van der Waals surface area contributed by atoms with Gasteiger partial charge in [0, 0.05) is 6.54 Å². The molecule has 0 spiro atoms. The molecule has 0 bridgehead atoms. The highest BCUT2D eigenvalue weighted by molar-refractivity contribution is 7.80. The van der Waals surface area contributed by atoms with Crippen molar-refractivity contribution in [2.45, 2.75) is 12.6 Å². The van der Waals surface area contributed by atoms with Gasteiger partial charge in [-0.05, 0) is 42.0 Å². The van der Waals surface area contributed by atoms with Gasteiger partial charge in [-0.3, -0.25) is 0 Å². The summed E-state index contributed by atoms with van der Waals surface area (Å²) >= 11 is 5.37. The molecular weight excluding hydrogens is 326 g/mol. The first-order valence-electron chi connectivity index (χ1n) is 7.87. The molecule has 3 rings (SSSR count). The largest absolute Gasteiger partial charge is 0.463 e. The normalized spacial score (nSPS) is 13.8. The molecule has 0 aliphatic carbocycles. The van der Waals surface area contributed by atoms with E-state index in [-0.39, 0.29) is 12.8 Å². The molecule has 7 heteroatoms. The van der Waals surface area contributed by atoms with Crippen molar-refractivity contribution < 1.29 is 18.8 Å². The van der Waals surface area contributed by atoms with Gasteiger partial charge in [0.15, 0.2) is 28.4 Å². The van der Waals surface area contributed by atoms with Gasteiger partial charge in [0.05, 0.1) is 26.9 Å². The van der Waals surface area contributed by atoms with Crippen LogP contribution in [-0.2, 0) is 6.54 Å². The fourth-order valence-corrected chi connectivity index (χ4v) is 2.72. The maximum Gasteiger partial charge on any atom is 0.231 e. The van der Waals surface area contributed by atoms with Crippen molar-refractivity contribution in [3.05, 3.63) is 47.9 Å². The van der Waals surface area contributed by atoms with Crippen LogP contribution in [0.2, 0.25) is 0 Å². The fourth-order valence-electron chi connectivity index (χ4n) is 2.57. The number of fused-ring (bicyclic) bond motifs is 1. The number of ether oxygens (including phenoxy) is 2. The van der Waals surface area contributed by atoms with Crippen LogP contribution < -0.4 is 25.0 Å². The van der Waals surface area contributed by atoms with Gasteiger partial charge < -0.3 is 29.4 Å². The molecule has 0 radical (unpaired) electrons. The number of nitrogens with one attached hydrogen (secondary N) is 3. The van der Waals surface area contributed by atoms with E-state index >= 15 is 0 Å². The van der Waals surface area contributed by atoms with Gasteiger partial charge in [0.25, 0.3) is 0 Å². The van der Waals surface area contributed by atoms with Crippen molar-refractivity contribution in [1.82, 2.24) is 10.6 Å². The highest BCUT2D eigenvalue weighted by atomic mass is 32.1. The summed E-state index contributed by atoms with van der Waals surface area (Å²) in [5.74, 6) is 2.51. The van der Waals surface area contributed by atoms with E-state index in [4.69, 9.17) is 26.1 Å². The minimum absolute atomic E-state index is 0.199. The molecule has 1 aliphatic heterocycles. The van der Waals surface area contributed by atoms with Crippen LogP contribution in [0, 0.1) is 0 Å². The summed E-state index contributed by atoms with van der Waals surface area (Å²) in [6.07, 6.45) is 1.70. The summed E-state index contributed by atoms with van der Waals surface area (Å²) in [4.78, 5) is 1.27. The molecule has 0 fully saturated rings. The van der Waals surface area contributed by atoms with Crippen LogP contribution in [0.4, 0.5) is 0 Å². The molecule has 3 N–H and O–H groups in total. The summed E-state index contributed by atoms with van der Waals surface area (Å²) in [6.45, 7) is 1.61. The number of likely N-dealkylation sites (N-methyl/N-ethyl adjacent to an activating group) is 1. The number of quaternary nitrogens is 1. The second-order valence-electron chi connectivity index (χ2n) is 5.90. The number of benzene rings is 1. The molecule has 2 aromatic rings. The van der Waals surface area contributed by atoms with Crippen molar-refractivity contribution in [2.75, 3.05) is 27.4 Å². The average molecular weight is 348 g/mol. The average Bonchev–Trinajstić information content (AvgIpc) is 3.23. The molecule has 0 amide bonds. The predicted octanol–water partition coefficient (Wildman–Crippen LogP) is 0.858. The van der Waals surface area contributed by atoms with Gasteiger partial charge in [-0.15, -0.1) is 0 Å². The molecule has 2 heterocycles. The van der Waals surface area contributed by atoms with Crippen molar-refractivity contribution in [3.8, 4) is 11.5 Å². The Morgan fingerprint density at radius 2 is 2.04 bits per heavy atom. The van der Waals surface area contributed by atoms with Crippen molar-refractivity contribution in [3.63, 3.8) is 0 Å². The maximum absolute atomic E-state index is 5.51. The number of hydrogen-bond donors (Lipinski definition) is 3. The molecule has 6 nitrogen and oxygen atoms in total. The molecule has 1 aromatic heterocycles. The molecular formula is C17H22N3O3S+. The molecule has 128 valence electrons. The standard InChI is InChI=1S/C17H21N3O3S/c1-20(2)13(14-4-3-7-21-14)10-19-17(24)18-9-12-5-6-15-16(8-12)23-11-22-15/h3-8,13H,9-11H2,1-2H3,(H2,18,19,24)/p+1/t13-/m0/s1. The van der Waals surface area contributed by atoms with Crippen molar-refractivity contribution in [2.24, 2.45) is 0 Å². The van der Waals surface area contributed by atoms with Crippen LogP contribution in [-0.4, -0.2) is 32.5 Å². The Bertz CT molecular complexity index is 688. The minimum Gasteiger partial charge on any atom is -0.463 e. The van der Waals surface area contributed by atoms with Crippen LogP contribution in [0.5, 0.6) is 11.5 Å². The lowest BCUT2D eigenvalue weighted by atomic mass is 10.2. The zero-order valence-corrected chi connectivity index (χ0v) is 14.6. The third-order valence-corrected chi connectivity index (χ3v) is 4.23. The van der Waals surface area contributed by atoms with Crippen LogP contribution in [0.1, 0.15) is 17.4 Å². The Kier molecular flexibility index (Phi) is 5.22. The molecule has 0 unspecified atom stereocenters. The topological polar surface area (TPSA) is 60.1 Å². The van der Waals surface area contributed by atoms with E-state index in [9.17, 15) is 0 Å². The maximum atomic E-state index is 5.51. The van der Waals surface area contributed by atoms with Crippen LogP contribution in [0.15, 0.2) is 41.0 Å². The Balaban J connectivity index is 1.49. The molecule has 1 aromatic carbocycles. The second-order valence-corrected chi connectivity index (χ2v) is 6.30. The summed E-state index contributed by atoms with van der Waals surface area (Å²) in [5.41, 5.74) is 1.09. The monoisotopic (exact) mass is 348 g/mol. The lowest BCUT2D eigenvalue weighted by molar-refractivity contribution is -0.891. The Hall–Kier alpha value is -2.25.